The van der Waals surface area contributed by atoms with Crippen LogP contribution in [0, 0.1) is 0 Å². The van der Waals surface area contributed by atoms with Crippen LogP contribution in [0.4, 0.5) is 13.2 Å². The number of carbonyl (C=O) groups is 1. The molecule has 176 valence electrons. The maximum atomic E-state index is 13.1. The molecule has 2 aromatic heterocycles. The Kier molecular flexibility index (Phi) is 6.90. The molecule has 1 fully saturated rings. The zero-order chi connectivity index (χ0) is 23.6. The Morgan fingerprint density at radius 3 is 2.58 bits per heavy atom. The van der Waals surface area contributed by atoms with Gasteiger partial charge in [-0.2, -0.15) is 18.3 Å². The minimum atomic E-state index is -4.60. The molecule has 1 aliphatic rings. The standard InChI is InChI=1S/C22H20Cl2F3N3O3/c23-14-4-6-15(7-5-14)32-12-16-8-9-17(33-16)21(31)28-10-1-11-30-19(13-2-3-13)18(24)20(29-30)22(25,26)27/h4-9,13H,1-3,10-12H2,(H,28,31). The quantitative estimate of drug-likeness (QED) is 0.361. The van der Waals surface area contributed by atoms with E-state index in [2.05, 4.69) is 10.4 Å². The summed E-state index contributed by atoms with van der Waals surface area (Å²) in [6, 6.07) is 10.0. The molecule has 1 N–H and O–H groups in total. The molecular formula is C22H20Cl2F3N3O3. The summed E-state index contributed by atoms with van der Waals surface area (Å²) in [4.78, 5) is 12.3. The van der Waals surface area contributed by atoms with Crippen LogP contribution in [-0.2, 0) is 19.3 Å². The lowest BCUT2D eigenvalue weighted by molar-refractivity contribution is -0.141. The summed E-state index contributed by atoms with van der Waals surface area (Å²) < 4.78 is 51.8. The first-order valence-corrected chi connectivity index (χ1v) is 11.1. The van der Waals surface area contributed by atoms with Crippen LogP contribution in [0.5, 0.6) is 5.75 Å². The van der Waals surface area contributed by atoms with Crippen LogP contribution >= 0.6 is 23.2 Å². The van der Waals surface area contributed by atoms with Gasteiger partial charge in [0.1, 0.15) is 18.1 Å². The third kappa shape index (κ3) is 5.83. The fourth-order valence-electron chi connectivity index (χ4n) is 3.33. The number of aryl methyl sites for hydroxylation is 1. The van der Waals surface area contributed by atoms with Crippen molar-refractivity contribution in [3.05, 3.63) is 69.4 Å². The van der Waals surface area contributed by atoms with Crippen molar-refractivity contribution < 1.29 is 27.1 Å². The molecule has 1 saturated carbocycles. The molecule has 0 radical (unpaired) electrons. The molecule has 1 amide bonds. The second-order valence-electron chi connectivity index (χ2n) is 7.66. The van der Waals surface area contributed by atoms with E-state index in [0.717, 1.165) is 12.8 Å². The van der Waals surface area contributed by atoms with E-state index < -0.39 is 17.8 Å². The molecular weight excluding hydrogens is 482 g/mol. The number of rotatable bonds is 9. The van der Waals surface area contributed by atoms with E-state index in [-0.39, 0.29) is 36.4 Å². The molecule has 1 aromatic carbocycles. The number of hydrogen-bond acceptors (Lipinski definition) is 4. The first-order chi connectivity index (χ1) is 15.7. The van der Waals surface area contributed by atoms with Crippen LogP contribution in [0.3, 0.4) is 0 Å². The van der Waals surface area contributed by atoms with Crippen molar-refractivity contribution in [2.24, 2.45) is 0 Å². The zero-order valence-electron chi connectivity index (χ0n) is 17.3. The summed E-state index contributed by atoms with van der Waals surface area (Å²) in [5.41, 5.74) is -0.634. The molecule has 0 bridgehead atoms. The molecule has 0 saturated heterocycles. The Morgan fingerprint density at radius 2 is 1.91 bits per heavy atom. The number of nitrogens with zero attached hydrogens (tertiary/aromatic N) is 2. The number of hydrogen-bond donors (Lipinski definition) is 1. The summed E-state index contributed by atoms with van der Waals surface area (Å²) >= 11 is 11.8. The zero-order valence-corrected chi connectivity index (χ0v) is 18.8. The highest BCUT2D eigenvalue weighted by Gasteiger charge is 2.41. The van der Waals surface area contributed by atoms with Gasteiger partial charge in [-0.1, -0.05) is 23.2 Å². The normalized spacial score (nSPS) is 13.8. The molecule has 11 heteroatoms. The molecule has 33 heavy (non-hydrogen) atoms. The van der Waals surface area contributed by atoms with Crippen molar-refractivity contribution in [1.82, 2.24) is 15.1 Å². The van der Waals surface area contributed by atoms with E-state index in [0.29, 0.717) is 28.6 Å². The van der Waals surface area contributed by atoms with Crippen LogP contribution in [0.25, 0.3) is 0 Å². The first-order valence-electron chi connectivity index (χ1n) is 10.3. The Hall–Kier alpha value is -2.65. The van der Waals surface area contributed by atoms with Gasteiger partial charge in [0.15, 0.2) is 11.5 Å². The maximum absolute atomic E-state index is 13.1. The monoisotopic (exact) mass is 501 g/mol. The number of aromatic nitrogens is 2. The highest BCUT2D eigenvalue weighted by molar-refractivity contribution is 6.32. The number of amides is 1. The third-order valence-electron chi connectivity index (χ3n) is 5.08. The summed E-state index contributed by atoms with van der Waals surface area (Å²) in [5, 5.41) is 6.65. The molecule has 1 aliphatic carbocycles. The Labute approximate surface area is 197 Å². The topological polar surface area (TPSA) is 69.3 Å². The van der Waals surface area contributed by atoms with Crippen LogP contribution in [0.1, 0.15) is 52.9 Å². The summed E-state index contributed by atoms with van der Waals surface area (Å²) in [5.74, 6) is 0.775. The van der Waals surface area contributed by atoms with Gasteiger partial charge in [0.05, 0.1) is 10.7 Å². The molecule has 2 heterocycles. The number of carbonyl (C=O) groups excluding carboxylic acids is 1. The molecule has 0 atom stereocenters. The Bertz CT molecular complexity index is 1120. The van der Waals surface area contributed by atoms with Crippen LogP contribution in [0.15, 0.2) is 40.8 Å². The lowest BCUT2D eigenvalue weighted by Crippen LogP contribution is -2.25. The van der Waals surface area contributed by atoms with Crippen LogP contribution in [0.2, 0.25) is 10.0 Å². The minimum absolute atomic E-state index is 0.00678. The Balaban J connectivity index is 1.27. The van der Waals surface area contributed by atoms with E-state index in [4.69, 9.17) is 32.4 Å². The average Bonchev–Trinajstić information content (AvgIpc) is 3.37. The van der Waals surface area contributed by atoms with E-state index in [1.165, 1.54) is 10.7 Å². The number of alkyl halides is 3. The average molecular weight is 502 g/mol. The van der Waals surface area contributed by atoms with Crippen molar-refractivity contribution >= 4 is 29.1 Å². The Morgan fingerprint density at radius 1 is 1.18 bits per heavy atom. The van der Waals surface area contributed by atoms with Crippen molar-refractivity contribution in [3.8, 4) is 5.75 Å². The smallest absolute Gasteiger partial charge is 0.436 e. The first kappa shape index (κ1) is 23.5. The van der Waals surface area contributed by atoms with Gasteiger partial charge < -0.3 is 14.5 Å². The summed E-state index contributed by atoms with van der Waals surface area (Å²) in [7, 11) is 0. The van der Waals surface area contributed by atoms with Crippen molar-refractivity contribution in [2.45, 2.75) is 44.5 Å². The molecule has 6 nitrogen and oxygen atoms in total. The highest BCUT2D eigenvalue weighted by Crippen LogP contribution is 2.46. The lowest BCUT2D eigenvalue weighted by atomic mass is 10.2. The second kappa shape index (κ2) is 9.69. The number of ether oxygens (including phenoxy) is 1. The van der Waals surface area contributed by atoms with Gasteiger partial charge in [0.25, 0.3) is 5.91 Å². The SMILES string of the molecule is O=C(NCCCn1nc(C(F)(F)F)c(Cl)c1C1CC1)c1ccc(COc2ccc(Cl)cc2)o1. The van der Waals surface area contributed by atoms with E-state index >= 15 is 0 Å². The van der Waals surface area contributed by atoms with Gasteiger partial charge >= 0.3 is 6.18 Å². The van der Waals surface area contributed by atoms with Gasteiger partial charge in [-0.3, -0.25) is 9.48 Å². The maximum Gasteiger partial charge on any atom is 0.436 e. The lowest BCUT2D eigenvalue weighted by Gasteiger charge is -2.08. The van der Waals surface area contributed by atoms with Crippen molar-refractivity contribution in [3.63, 3.8) is 0 Å². The third-order valence-corrected chi connectivity index (χ3v) is 5.70. The predicted octanol–water partition coefficient (Wildman–Crippen LogP) is 6.08. The van der Waals surface area contributed by atoms with E-state index in [1.54, 1.807) is 30.3 Å². The van der Waals surface area contributed by atoms with Gasteiger partial charge in [-0.05, 0) is 55.7 Å². The van der Waals surface area contributed by atoms with Crippen molar-refractivity contribution in [1.29, 1.82) is 0 Å². The fraction of sp³-hybridized carbons (Fsp3) is 0.364. The number of benzene rings is 1. The number of nitrogens with one attached hydrogen (secondary N) is 1. The minimum Gasteiger partial charge on any atom is -0.486 e. The van der Waals surface area contributed by atoms with Gasteiger partial charge in [0, 0.05) is 24.0 Å². The molecule has 0 aliphatic heterocycles. The number of furan rings is 1. The van der Waals surface area contributed by atoms with E-state index in [9.17, 15) is 18.0 Å². The highest BCUT2D eigenvalue weighted by atomic mass is 35.5. The van der Waals surface area contributed by atoms with Crippen LogP contribution < -0.4 is 10.1 Å². The molecule has 4 rings (SSSR count). The van der Waals surface area contributed by atoms with Crippen LogP contribution in [-0.4, -0.2) is 22.2 Å². The fourth-order valence-corrected chi connectivity index (χ4v) is 3.85. The molecule has 0 unspecified atom stereocenters. The number of halogens is 5. The molecule has 0 spiro atoms. The van der Waals surface area contributed by atoms with Gasteiger partial charge in [0.2, 0.25) is 0 Å². The summed E-state index contributed by atoms with van der Waals surface area (Å²) in [6.45, 7) is 0.583. The predicted molar refractivity (Wildman–Crippen MR) is 116 cm³/mol. The van der Waals surface area contributed by atoms with Gasteiger partial charge in [-0.15, -0.1) is 0 Å². The summed E-state index contributed by atoms with van der Waals surface area (Å²) in [6.07, 6.45) is -2.63. The molecule has 3 aromatic rings. The largest absolute Gasteiger partial charge is 0.486 e. The van der Waals surface area contributed by atoms with Gasteiger partial charge in [-0.25, -0.2) is 0 Å². The second-order valence-corrected chi connectivity index (χ2v) is 8.48. The van der Waals surface area contributed by atoms with E-state index in [1.807, 2.05) is 0 Å². The van der Waals surface area contributed by atoms with Crippen molar-refractivity contribution in [2.75, 3.05) is 6.54 Å².